The van der Waals surface area contributed by atoms with Crippen molar-refractivity contribution in [2.24, 2.45) is 12.8 Å². The van der Waals surface area contributed by atoms with Crippen LogP contribution in [-0.4, -0.2) is 27.1 Å². The molecule has 0 spiro atoms. The number of fused-ring (bicyclic) bond motifs is 1. The topological polar surface area (TPSA) is 123 Å². The molecule has 0 saturated heterocycles. The minimum Gasteiger partial charge on any atom is -0.495 e. The van der Waals surface area contributed by atoms with Gasteiger partial charge in [-0.1, -0.05) is 17.7 Å². The van der Waals surface area contributed by atoms with Crippen molar-refractivity contribution in [3.8, 4) is 17.2 Å². The number of nitrogens with zero attached hydrogens (tertiary/aromatic N) is 4. The number of nitrogens with one attached hydrogen (secondary N) is 1. The van der Waals surface area contributed by atoms with Crippen molar-refractivity contribution in [3.63, 3.8) is 0 Å². The van der Waals surface area contributed by atoms with Gasteiger partial charge >= 0.3 is 0 Å². The van der Waals surface area contributed by atoms with Crippen LogP contribution in [0, 0.1) is 11.3 Å². The fourth-order valence-electron chi connectivity index (χ4n) is 3.08. The molecular formula is C21H18ClFN6O2. The monoisotopic (exact) mass is 440 g/mol. The summed E-state index contributed by atoms with van der Waals surface area (Å²) >= 11 is 5.71. The van der Waals surface area contributed by atoms with Crippen molar-refractivity contribution in [1.29, 1.82) is 5.26 Å². The van der Waals surface area contributed by atoms with Crippen molar-refractivity contribution in [3.05, 3.63) is 74.9 Å². The van der Waals surface area contributed by atoms with Crippen LogP contribution in [0.4, 0.5) is 4.39 Å². The van der Waals surface area contributed by atoms with Crippen molar-refractivity contribution < 1.29 is 9.13 Å². The molecule has 0 amide bonds. The van der Waals surface area contributed by atoms with Gasteiger partial charge in [0.15, 0.2) is 0 Å². The molecule has 0 aliphatic heterocycles. The SMILES string of the molecule is COC(=C/C(Cl)=C/F)/C(C#N)=C/c1c(-c2ccc3c(=O)[nH]nc(CN)c3c2)cnn1C. The minimum absolute atomic E-state index is 0.0909. The van der Waals surface area contributed by atoms with Crippen LogP contribution < -0.4 is 11.3 Å². The van der Waals surface area contributed by atoms with Crippen LogP contribution in [0.15, 0.2) is 58.0 Å². The molecule has 0 saturated carbocycles. The molecule has 3 N–H and O–H groups in total. The lowest BCUT2D eigenvalue weighted by Crippen LogP contribution is -2.13. The van der Waals surface area contributed by atoms with Gasteiger partial charge in [0.25, 0.3) is 5.56 Å². The summed E-state index contributed by atoms with van der Waals surface area (Å²) in [6.07, 6.45) is 4.60. The number of aromatic nitrogens is 4. The van der Waals surface area contributed by atoms with Gasteiger partial charge in [-0.25, -0.2) is 9.49 Å². The molecule has 2 heterocycles. The van der Waals surface area contributed by atoms with Gasteiger partial charge in [-0.2, -0.15) is 15.5 Å². The number of nitriles is 1. The highest BCUT2D eigenvalue weighted by molar-refractivity contribution is 6.31. The van der Waals surface area contributed by atoms with E-state index in [1.807, 2.05) is 6.07 Å². The van der Waals surface area contributed by atoms with E-state index in [2.05, 4.69) is 15.3 Å². The molecular weight excluding hydrogens is 423 g/mol. The number of benzene rings is 1. The van der Waals surface area contributed by atoms with Crippen LogP contribution in [0.2, 0.25) is 0 Å². The fourth-order valence-corrected chi connectivity index (χ4v) is 3.18. The van der Waals surface area contributed by atoms with Gasteiger partial charge in [0, 0.05) is 30.6 Å². The maximum absolute atomic E-state index is 12.6. The molecule has 158 valence electrons. The Kier molecular flexibility index (Phi) is 6.65. The third-order valence-electron chi connectivity index (χ3n) is 4.62. The zero-order valence-corrected chi connectivity index (χ0v) is 17.4. The van der Waals surface area contributed by atoms with Gasteiger partial charge in [-0.3, -0.25) is 9.48 Å². The molecule has 1 aromatic carbocycles. The standard InChI is InChI=1S/C21H18ClFN6O2/c1-29-19(6-13(9-24)20(31-2)7-14(22)8-23)17(11-26-29)12-3-4-15-16(5-12)18(10-25)27-28-21(15)30/h3-8,11H,10,25H2,1-2H3,(H,28,30)/b13-6+,14-8-,20-7+. The van der Waals surface area contributed by atoms with E-state index in [9.17, 15) is 14.4 Å². The normalized spacial score (nSPS) is 12.8. The number of hydrogen-bond donors (Lipinski definition) is 2. The summed E-state index contributed by atoms with van der Waals surface area (Å²) in [7, 11) is 3.07. The first-order chi connectivity index (χ1) is 14.9. The Morgan fingerprint density at radius 3 is 2.87 bits per heavy atom. The first-order valence-corrected chi connectivity index (χ1v) is 9.38. The van der Waals surface area contributed by atoms with Crippen LogP contribution in [-0.2, 0) is 18.3 Å². The number of methoxy groups -OCH3 is 1. The van der Waals surface area contributed by atoms with Crippen LogP contribution in [0.3, 0.4) is 0 Å². The zero-order chi connectivity index (χ0) is 22.5. The van der Waals surface area contributed by atoms with Gasteiger partial charge in [0.2, 0.25) is 0 Å². The molecule has 0 aliphatic rings. The van der Waals surface area contributed by atoms with Crippen molar-refractivity contribution in [2.75, 3.05) is 7.11 Å². The first kappa shape index (κ1) is 22.0. The van der Waals surface area contributed by atoms with Crippen LogP contribution in [0.25, 0.3) is 28.0 Å². The van der Waals surface area contributed by atoms with Gasteiger partial charge in [0.1, 0.15) is 18.2 Å². The van der Waals surface area contributed by atoms with Gasteiger partial charge < -0.3 is 10.5 Å². The molecule has 31 heavy (non-hydrogen) atoms. The lowest BCUT2D eigenvalue weighted by atomic mass is 10.0. The molecule has 2 aromatic heterocycles. The number of ether oxygens (including phenoxy) is 1. The van der Waals surface area contributed by atoms with Crippen molar-refractivity contribution >= 4 is 28.4 Å². The van der Waals surface area contributed by atoms with Crippen LogP contribution in [0.1, 0.15) is 11.4 Å². The average Bonchev–Trinajstić information content (AvgIpc) is 3.15. The minimum atomic E-state index is -0.315. The predicted octanol–water partition coefficient (Wildman–Crippen LogP) is 3.27. The van der Waals surface area contributed by atoms with E-state index in [1.165, 1.54) is 13.2 Å². The Morgan fingerprint density at radius 1 is 1.45 bits per heavy atom. The number of H-pyrrole nitrogens is 1. The van der Waals surface area contributed by atoms with E-state index in [0.717, 1.165) is 5.56 Å². The number of aryl methyl sites for hydroxylation is 1. The molecule has 3 aromatic rings. The second-order valence-corrected chi connectivity index (χ2v) is 6.84. The van der Waals surface area contributed by atoms with Crippen LogP contribution in [0.5, 0.6) is 0 Å². The molecule has 0 unspecified atom stereocenters. The highest BCUT2D eigenvalue weighted by Crippen LogP contribution is 2.29. The van der Waals surface area contributed by atoms with E-state index in [1.54, 1.807) is 42.2 Å². The summed E-state index contributed by atoms with van der Waals surface area (Å²) in [5, 5.41) is 21.2. The number of rotatable bonds is 6. The highest BCUT2D eigenvalue weighted by atomic mass is 35.5. The summed E-state index contributed by atoms with van der Waals surface area (Å²) in [4.78, 5) is 12.1. The van der Waals surface area contributed by atoms with E-state index in [4.69, 9.17) is 22.1 Å². The number of halogens is 2. The third kappa shape index (κ3) is 4.40. The predicted molar refractivity (Wildman–Crippen MR) is 116 cm³/mol. The average molecular weight is 441 g/mol. The molecule has 3 rings (SSSR count). The second-order valence-electron chi connectivity index (χ2n) is 6.41. The Bertz CT molecular complexity index is 1330. The number of nitrogens with two attached hydrogens (primary N) is 1. The number of hydrogen-bond acceptors (Lipinski definition) is 6. The highest BCUT2D eigenvalue weighted by Gasteiger charge is 2.15. The lowest BCUT2D eigenvalue weighted by Gasteiger charge is -2.08. The fraction of sp³-hybridized carbons (Fsp3) is 0.143. The van der Waals surface area contributed by atoms with E-state index < -0.39 is 0 Å². The lowest BCUT2D eigenvalue weighted by molar-refractivity contribution is 0.303. The first-order valence-electron chi connectivity index (χ1n) is 9.01. The van der Waals surface area contributed by atoms with E-state index in [0.29, 0.717) is 27.7 Å². The Morgan fingerprint density at radius 2 is 2.23 bits per heavy atom. The summed E-state index contributed by atoms with van der Waals surface area (Å²) in [5.74, 6) is 0.0909. The molecule has 8 nitrogen and oxygen atoms in total. The van der Waals surface area contributed by atoms with Crippen molar-refractivity contribution in [2.45, 2.75) is 6.54 Å². The Labute approximate surface area is 181 Å². The summed E-state index contributed by atoms with van der Waals surface area (Å²) in [6, 6.07) is 7.28. The maximum atomic E-state index is 12.6. The Hall–Kier alpha value is -3.74. The second kappa shape index (κ2) is 9.38. The molecule has 0 aliphatic carbocycles. The molecule has 0 atom stereocenters. The largest absolute Gasteiger partial charge is 0.495 e. The number of allylic oxidation sites excluding steroid dienone is 3. The number of aromatic amines is 1. The summed E-state index contributed by atoms with van der Waals surface area (Å²) in [6.45, 7) is 0.153. The molecule has 0 bridgehead atoms. The molecule has 0 radical (unpaired) electrons. The zero-order valence-electron chi connectivity index (χ0n) is 16.7. The summed E-state index contributed by atoms with van der Waals surface area (Å²) < 4.78 is 19.4. The van der Waals surface area contributed by atoms with Crippen LogP contribution >= 0.6 is 11.6 Å². The maximum Gasteiger partial charge on any atom is 0.272 e. The van der Waals surface area contributed by atoms with E-state index >= 15 is 0 Å². The summed E-state index contributed by atoms with van der Waals surface area (Å²) in [5.41, 5.74) is 8.15. The smallest absolute Gasteiger partial charge is 0.272 e. The van der Waals surface area contributed by atoms with Gasteiger partial charge in [-0.15, -0.1) is 0 Å². The van der Waals surface area contributed by atoms with Crippen molar-refractivity contribution in [1.82, 2.24) is 20.0 Å². The van der Waals surface area contributed by atoms with E-state index in [-0.39, 0.29) is 34.8 Å². The van der Waals surface area contributed by atoms with Gasteiger partial charge in [0.05, 0.1) is 40.7 Å². The molecule has 0 fully saturated rings. The molecule has 10 heteroatoms. The Balaban J connectivity index is 2.19. The quantitative estimate of drug-likeness (QED) is 0.344. The third-order valence-corrected chi connectivity index (χ3v) is 4.81. The van der Waals surface area contributed by atoms with Gasteiger partial charge in [-0.05, 0) is 23.8 Å².